The van der Waals surface area contributed by atoms with Crippen molar-refractivity contribution in [3.05, 3.63) is 29.6 Å². The highest BCUT2D eigenvalue weighted by molar-refractivity contribution is 5.33. The normalized spacial score (nSPS) is 9.09. The van der Waals surface area contributed by atoms with Gasteiger partial charge in [0.2, 0.25) is 12.4 Å². The zero-order chi connectivity index (χ0) is 8.27. The summed E-state index contributed by atoms with van der Waals surface area (Å²) in [6.45, 7) is 1.94. The number of pyridine rings is 1. The van der Waals surface area contributed by atoms with Crippen LogP contribution >= 0.6 is 0 Å². The van der Waals surface area contributed by atoms with Gasteiger partial charge in [0.15, 0.2) is 0 Å². The summed E-state index contributed by atoms with van der Waals surface area (Å²) in [5, 5.41) is 17.6. The molecule has 3 heteroatoms. The first kappa shape index (κ1) is 7.55. The van der Waals surface area contributed by atoms with Crippen LogP contribution in [0.2, 0.25) is 0 Å². The minimum atomic E-state index is 0.623. The van der Waals surface area contributed by atoms with Crippen molar-refractivity contribution in [3.63, 3.8) is 0 Å². The lowest BCUT2D eigenvalue weighted by atomic mass is 10.1. The maximum absolute atomic E-state index is 8.97. The van der Waals surface area contributed by atoms with Gasteiger partial charge in [0.05, 0.1) is 11.6 Å². The molecule has 0 fully saturated rings. The van der Waals surface area contributed by atoms with E-state index in [1.165, 1.54) is 6.20 Å². The van der Waals surface area contributed by atoms with Gasteiger partial charge in [-0.25, -0.2) is 0 Å². The van der Waals surface area contributed by atoms with Crippen molar-refractivity contribution < 1.29 is 9.94 Å². The van der Waals surface area contributed by atoms with Crippen molar-refractivity contribution in [2.24, 2.45) is 0 Å². The van der Waals surface area contributed by atoms with E-state index >= 15 is 0 Å². The van der Waals surface area contributed by atoms with E-state index in [1.807, 2.05) is 13.0 Å². The summed E-state index contributed by atoms with van der Waals surface area (Å²) in [6.07, 6.45) is 3.74. The molecule has 0 saturated heterocycles. The Morgan fingerprint density at radius 3 is 3.00 bits per heavy atom. The minimum Gasteiger partial charge on any atom is -0.285 e. The Bertz CT molecular complexity index is 301. The molecule has 11 heavy (non-hydrogen) atoms. The van der Waals surface area contributed by atoms with E-state index in [0.717, 1.165) is 16.7 Å². The maximum atomic E-state index is 8.97. The molecule has 0 spiro atoms. The van der Waals surface area contributed by atoms with E-state index < -0.39 is 0 Å². The van der Waals surface area contributed by atoms with E-state index in [0.29, 0.717) is 5.56 Å². The van der Waals surface area contributed by atoms with Crippen LogP contribution in [0.15, 0.2) is 18.5 Å². The first-order valence-corrected chi connectivity index (χ1v) is 3.41. The van der Waals surface area contributed by atoms with Crippen LogP contribution < -0.4 is 4.73 Å². The largest absolute Gasteiger partial charge is 0.285 e. The van der Waals surface area contributed by atoms with Gasteiger partial charge in [0.25, 0.3) is 0 Å². The van der Waals surface area contributed by atoms with Crippen molar-refractivity contribution in [1.29, 1.82) is 5.26 Å². The van der Waals surface area contributed by atoms with Crippen LogP contribution in [0.3, 0.4) is 0 Å². The van der Waals surface area contributed by atoms with Crippen LogP contribution in [0.1, 0.15) is 18.1 Å². The quantitative estimate of drug-likeness (QED) is 0.470. The molecule has 1 aromatic rings. The number of hydrogen-bond donors (Lipinski definition) is 1. The molecular weight excluding hydrogens is 140 g/mol. The highest BCUT2D eigenvalue weighted by Crippen LogP contribution is 2.03. The monoisotopic (exact) mass is 149 g/mol. The average molecular weight is 149 g/mol. The van der Waals surface area contributed by atoms with Crippen LogP contribution in [0.5, 0.6) is 0 Å². The van der Waals surface area contributed by atoms with Gasteiger partial charge in [-0.15, -0.1) is 0 Å². The molecule has 0 unspecified atom stereocenters. The molecule has 0 aliphatic carbocycles. The Balaban J connectivity index is 3.19. The summed E-state index contributed by atoms with van der Waals surface area (Å²) in [7, 11) is 0. The van der Waals surface area contributed by atoms with Gasteiger partial charge < -0.3 is 0 Å². The van der Waals surface area contributed by atoms with Crippen molar-refractivity contribution in [1.82, 2.24) is 0 Å². The first-order valence-electron chi connectivity index (χ1n) is 3.41. The van der Waals surface area contributed by atoms with Gasteiger partial charge in [0, 0.05) is 16.4 Å². The standard InChI is InChI=1S/C8H9N2O/c1-2-7-6-10(11)4-3-8(7)5-9/h3-4,6,11H,2H2,1H3/q+1. The van der Waals surface area contributed by atoms with Gasteiger partial charge in [-0.2, -0.15) is 5.26 Å². The number of rotatable bonds is 1. The smallest absolute Gasteiger partial charge is 0.226 e. The molecule has 56 valence electrons. The molecule has 0 amide bonds. The lowest BCUT2D eigenvalue weighted by molar-refractivity contribution is -0.905. The summed E-state index contributed by atoms with van der Waals surface area (Å²) in [4.78, 5) is 0. The predicted octanol–water partition coefficient (Wildman–Crippen LogP) is 0.645. The van der Waals surface area contributed by atoms with Crippen LogP contribution in [0, 0.1) is 11.3 Å². The lowest BCUT2D eigenvalue weighted by Crippen LogP contribution is -2.29. The fourth-order valence-corrected chi connectivity index (χ4v) is 0.921. The highest BCUT2D eigenvalue weighted by Gasteiger charge is 2.05. The zero-order valence-electron chi connectivity index (χ0n) is 6.28. The second kappa shape index (κ2) is 3.02. The van der Waals surface area contributed by atoms with Gasteiger partial charge >= 0.3 is 0 Å². The van der Waals surface area contributed by atoms with E-state index in [2.05, 4.69) is 0 Å². The highest BCUT2D eigenvalue weighted by atomic mass is 16.5. The first-order chi connectivity index (χ1) is 5.27. The number of aryl methyl sites for hydroxylation is 1. The zero-order valence-corrected chi connectivity index (χ0v) is 6.28. The van der Waals surface area contributed by atoms with Crippen LogP contribution in [0.25, 0.3) is 0 Å². The lowest BCUT2D eigenvalue weighted by Gasteiger charge is -1.93. The molecule has 0 aliphatic heterocycles. The summed E-state index contributed by atoms with van der Waals surface area (Å²) in [5.74, 6) is 0. The Hall–Kier alpha value is -1.56. The number of nitriles is 1. The fraction of sp³-hybridized carbons (Fsp3) is 0.250. The second-order valence-electron chi connectivity index (χ2n) is 2.23. The molecule has 0 bridgehead atoms. The van der Waals surface area contributed by atoms with Crippen molar-refractivity contribution in [2.75, 3.05) is 0 Å². The third-order valence-electron chi connectivity index (χ3n) is 1.53. The molecule has 1 aromatic heterocycles. The summed E-state index contributed by atoms with van der Waals surface area (Å²) < 4.78 is 0.958. The fourth-order valence-electron chi connectivity index (χ4n) is 0.921. The van der Waals surface area contributed by atoms with Crippen LogP contribution in [0.4, 0.5) is 0 Å². The van der Waals surface area contributed by atoms with E-state index in [9.17, 15) is 0 Å². The third-order valence-corrected chi connectivity index (χ3v) is 1.53. The van der Waals surface area contributed by atoms with E-state index in [4.69, 9.17) is 10.5 Å². The molecule has 0 atom stereocenters. The summed E-state index contributed by atoms with van der Waals surface area (Å²) >= 11 is 0. The van der Waals surface area contributed by atoms with Crippen molar-refractivity contribution >= 4 is 0 Å². The average Bonchev–Trinajstić information content (AvgIpc) is 2.04. The summed E-state index contributed by atoms with van der Waals surface area (Å²) in [6, 6.07) is 3.65. The Labute approximate surface area is 65.1 Å². The number of hydrogen-bond acceptors (Lipinski definition) is 2. The number of nitrogens with zero attached hydrogens (tertiary/aromatic N) is 2. The maximum Gasteiger partial charge on any atom is 0.226 e. The minimum absolute atomic E-state index is 0.623. The molecular formula is C8H9N2O+. The predicted molar refractivity (Wildman–Crippen MR) is 37.9 cm³/mol. The van der Waals surface area contributed by atoms with Crippen molar-refractivity contribution in [2.45, 2.75) is 13.3 Å². The molecule has 0 radical (unpaired) electrons. The molecule has 3 nitrogen and oxygen atoms in total. The molecule has 0 aliphatic rings. The van der Waals surface area contributed by atoms with Gasteiger partial charge in [-0.05, 0) is 6.42 Å². The van der Waals surface area contributed by atoms with Crippen LogP contribution in [-0.4, -0.2) is 5.21 Å². The van der Waals surface area contributed by atoms with Gasteiger partial charge in [0.1, 0.15) is 0 Å². The Morgan fingerprint density at radius 1 is 1.73 bits per heavy atom. The topological polar surface area (TPSA) is 47.9 Å². The van der Waals surface area contributed by atoms with Gasteiger partial charge in [-0.3, -0.25) is 5.21 Å². The summed E-state index contributed by atoms with van der Waals surface area (Å²) in [5.41, 5.74) is 1.48. The van der Waals surface area contributed by atoms with Crippen LogP contribution in [-0.2, 0) is 6.42 Å². The molecule has 1 N–H and O–H groups in total. The molecule has 1 rings (SSSR count). The van der Waals surface area contributed by atoms with E-state index in [1.54, 1.807) is 12.3 Å². The number of aromatic nitrogens is 1. The Morgan fingerprint density at radius 2 is 2.45 bits per heavy atom. The van der Waals surface area contributed by atoms with Crippen molar-refractivity contribution in [3.8, 4) is 6.07 Å². The van der Waals surface area contributed by atoms with Gasteiger partial charge in [-0.1, -0.05) is 6.92 Å². The Kier molecular flexibility index (Phi) is 2.07. The molecule has 0 saturated carbocycles. The molecule has 1 heterocycles. The second-order valence-corrected chi connectivity index (χ2v) is 2.23. The third kappa shape index (κ3) is 1.47. The van der Waals surface area contributed by atoms with E-state index in [-0.39, 0.29) is 0 Å². The SMILES string of the molecule is CCc1c[n+](O)ccc1C#N. The molecule has 0 aromatic carbocycles.